The minimum absolute atomic E-state index is 0.330. The fraction of sp³-hybridized carbons (Fsp3) is 0.214. The second-order valence-corrected chi connectivity index (χ2v) is 5.12. The molecular weight excluding hydrogens is 246 g/mol. The molecule has 3 nitrogen and oxygen atoms in total. The van der Waals surface area contributed by atoms with Crippen molar-refractivity contribution in [3.8, 4) is 0 Å². The number of carboxylic acids is 1. The molecule has 1 aromatic heterocycles. The molecule has 0 atom stereocenters. The number of thiophene rings is 1. The Balaban J connectivity index is 1.95. The zero-order chi connectivity index (χ0) is 13.0. The number of nitrogens with one attached hydrogen (secondary N) is 1. The van der Waals surface area contributed by atoms with Gasteiger partial charge in [-0.25, -0.2) is 4.79 Å². The number of aromatic carboxylic acids is 1. The first kappa shape index (κ1) is 12.6. The summed E-state index contributed by atoms with van der Waals surface area (Å²) < 4.78 is 0. The molecule has 2 rings (SSSR count). The van der Waals surface area contributed by atoms with Crippen LogP contribution in [0.5, 0.6) is 0 Å². The van der Waals surface area contributed by atoms with Gasteiger partial charge in [-0.1, -0.05) is 6.07 Å². The number of hydrogen-bond acceptors (Lipinski definition) is 3. The zero-order valence-corrected chi connectivity index (χ0v) is 11.0. The first-order chi connectivity index (χ1) is 8.66. The van der Waals surface area contributed by atoms with E-state index in [1.165, 1.54) is 4.88 Å². The van der Waals surface area contributed by atoms with Gasteiger partial charge in [-0.3, -0.25) is 0 Å². The van der Waals surface area contributed by atoms with Crippen molar-refractivity contribution in [3.05, 3.63) is 51.7 Å². The van der Waals surface area contributed by atoms with Crippen molar-refractivity contribution in [3.63, 3.8) is 0 Å². The molecule has 0 unspecified atom stereocenters. The van der Waals surface area contributed by atoms with E-state index in [-0.39, 0.29) is 0 Å². The Morgan fingerprint density at radius 2 is 2.22 bits per heavy atom. The molecule has 94 valence electrons. The van der Waals surface area contributed by atoms with Gasteiger partial charge in [-0.15, -0.1) is 11.3 Å². The van der Waals surface area contributed by atoms with E-state index in [4.69, 9.17) is 5.11 Å². The maximum Gasteiger partial charge on any atom is 0.335 e. The smallest absolute Gasteiger partial charge is 0.335 e. The van der Waals surface area contributed by atoms with Gasteiger partial charge in [-0.2, -0.15) is 0 Å². The maximum absolute atomic E-state index is 10.8. The number of aryl methyl sites for hydroxylation is 1. The Hall–Kier alpha value is -1.81. The largest absolute Gasteiger partial charge is 0.478 e. The summed E-state index contributed by atoms with van der Waals surface area (Å²) in [5, 5.41) is 14.3. The van der Waals surface area contributed by atoms with Crippen LogP contribution in [0.2, 0.25) is 0 Å². The van der Waals surface area contributed by atoms with Crippen LogP contribution in [0.25, 0.3) is 0 Å². The summed E-state index contributed by atoms with van der Waals surface area (Å²) in [6.45, 7) is 2.77. The van der Waals surface area contributed by atoms with Crippen LogP contribution in [0.3, 0.4) is 0 Å². The van der Waals surface area contributed by atoms with Gasteiger partial charge in [0, 0.05) is 17.1 Å². The monoisotopic (exact) mass is 261 g/mol. The van der Waals surface area contributed by atoms with Crippen molar-refractivity contribution < 1.29 is 9.90 Å². The second-order valence-electron chi connectivity index (χ2n) is 4.09. The first-order valence-corrected chi connectivity index (χ1v) is 6.65. The molecule has 1 heterocycles. The summed E-state index contributed by atoms with van der Waals surface area (Å²) in [4.78, 5) is 12.2. The zero-order valence-electron chi connectivity index (χ0n) is 10.1. The molecule has 0 radical (unpaired) electrons. The van der Waals surface area contributed by atoms with Crippen molar-refractivity contribution in [2.45, 2.75) is 13.3 Å². The van der Waals surface area contributed by atoms with E-state index in [2.05, 4.69) is 16.8 Å². The topological polar surface area (TPSA) is 49.3 Å². The van der Waals surface area contributed by atoms with Crippen molar-refractivity contribution >= 4 is 23.0 Å². The van der Waals surface area contributed by atoms with Gasteiger partial charge < -0.3 is 10.4 Å². The lowest BCUT2D eigenvalue weighted by Crippen LogP contribution is -2.06. The molecule has 0 amide bonds. The molecule has 18 heavy (non-hydrogen) atoms. The van der Waals surface area contributed by atoms with Crippen molar-refractivity contribution in [2.24, 2.45) is 0 Å². The number of rotatable bonds is 5. The van der Waals surface area contributed by atoms with E-state index in [1.807, 2.05) is 19.1 Å². The van der Waals surface area contributed by atoms with E-state index in [0.29, 0.717) is 5.56 Å². The molecule has 2 aromatic rings. The third-order valence-corrected chi connectivity index (χ3v) is 3.68. The molecule has 0 spiro atoms. The van der Waals surface area contributed by atoms with Crippen LogP contribution in [0.4, 0.5) is 5.69 Å². The lowest BCUT2D eigenvalue weighted by molar-refractivity contribution is 0.0697. The van der Waals surface area contributed by atoms with Crippen LogP contribution in [0.1, 0.15) is 20.8 Å². The Labute approximate surface area is 110 Å². The van der Waals surface area contributed by atoms with Gasteiger partial charge >= 0.3 is 5.97 Å². The van der Waals surface area contributed by atoms with Gasteiger partial charge in [0.05, 0.1) is 5.56 Å². The minimum atomic E-state index is -0.886. The summed E-state index contributed by atoms with van der Waals surface area (Å²) >= 11 is 1.75. The number of carbonyl (C=O) groups is 1. The normalized spacial score (nSPS) is 10.3. The molecule has 1 aromatic carbocycles. The average molecular weight is 261 g/mol. The SMILES string of the molecule is Cc1cc(C(=O)O)ccc1NCCc1cccs1. The van der Waals surface area contributed by atoms with E-state index in [9.17, 15) is 4.79 Å². The highest BCUT2D eigenvalue weighted by molar-refractivity contribution is 7.09. The van der Waals surface area contributed by atoms with E-state index in [0.717, 1.165) is 24.2 Å². The van der Waals surface area contributed by atoms with E-state index >= 15 is 0 Å². The molecular formula is C14H15NO2S. The fourth-order valence-corrected chi connectivity index (χ4v) is 2.48. The molecule has 0 bridgehead atoms. The van der Waals surface area contributed by atoms with Crippen molar-refractivity contribution in [2.75, 3.05) is 11.9 Å². The third kappa shape index (κ3) is 3.11. The summed E-state index contributed by atoms with van der Waals surface area (Å²) in [5.41, 5.74) is 2.29. The van der Waals surface area contributed by atoms with Gasteiger partial charge in [-0.05, 0) is 48.6 Å². The molecule has 0 aliphatic heterocycles. The highest BCUT2D eigenvalue weighted by atomic mass is 32.1. The van der Waals surface area contributed by atoms with Crippen LogP contribution in [0, 0.1) is 6.92 Å². The summed E-state index contributed by atoms with van der Waals surface area (Å²) in [6, 6.07) is 9.31. The standard InChI is InChI=1S/C14H15NO2S/c1-10-9-11(14(16)17)4-5-13(10)15-7-6-12-3-2-8-18-12/h2-5,8-9,15H,6-7H2,1H3,(H,16,17). The lowest BCUT2D eigenvalue weighted by atomic mass is 10.1. The Kier molecular flexibility index (Phi) is 3.99. The Morgan fingerprint density at radius 1 is 1.39 bits per heavy atom. The molecule has 4 heteroatoms. The molecule has 0 aliphatic rings. The van der Waals surface area contributed by atoms with E-state index < -0.39 is 5.97 Å². The number of anilines is 1. The van der Waals surface area contributed by atoms with Crippen LogP contribution < -0.4 is 5.32 Å². The van der Waals surface area contributed by atoms with Crippen LogP contribution in [0.15, 0.2) is 35.7 Å². The summed E-state index contributed by atoms with van der Waals surface area (Å²) in [6.07, 6.45) is 0.984. The fourth-order valence-electron chi connectivity index (χ4n) is 1.77. The van der Waals surface area contributed by atoms with Crippen LogP contribution >= 0.6 is 11.3 Å². The molecule has 0 saturated heterocycles. The second kappa shape index (κ2) is 5.69. The van der Waals surface area contributed by atoms with Gasteiger partial charge in [0.1, 0.15) is 0 Å². The third-order valence-electron chi connectivity index (χ3n) is 2.74. The number of benzene rings is 1. The highest BCUT2D eigenvalue weighted by Gasteiger charge is 2.05. The van der Waals surface area contributed by atoms with Crippen molar-refractivity contribution in [1.29, 1.82) is 0 Å². The predicted molar refractivity (Wildman–Crippen MR) is 74.7 cm³/mol. The van der Waals surface area contributed by atoms with E-state index in [1.54, 1.807) is 23.5 Å². The molecule has 0 aliphatic carbocycles. The van der Waals surface area contributed by atoms with Crippen molar-refractivity contribution in [1.82, 2.24) is 0 Å². The Bertz CT molecular complexity index is 535. The maximum atomic E-state index is 10.8. The average Bonchev–Trinajstić information content (AvgIpc) is 2.84. The summed E-state index contributed by atoms with van der Waals surface area (Å²) in [5.74, 6) is -0.886. The number of hydrogen-bond donors (Lipinski definition) is 2. The highest BCUT2D eigenvalue weighted by Crippen LogP contribution is 2.17. The minimum Gasteiger partial charge on any atom is -0.478 e. The quantitative estimate of drug-likeness (QED) is 0.867. The predicted octanol–water partition coefficient (Wildman–Crippen LogP) is 3.41. The molecule has 0 saturated carbocycles. The molecule has 0 fully saturated rings. The van der Waals surface area contributed by atoms with Gasteiger partial charge in [0.25, 0.3) is 0 Å². The Morgan fingerprint density at radius 3 is 2.83 bits per heavy atom. The van der Waals surface area contributed by atoms with Gasteiger partial charge in [0.2, 0.25) is 0 Å². The van der Waals surface area contributed by atoms with Gasteiger partial charge in [0.15, 0.2) is 0 Å². The summed E-state index contributed by atoms with van der Waals surface area (Å²) in [7, 11) is 0. The van der Waals surface area contributed by atoms with Crippen LogP contribution in [-0.4, -0.2) is 17.6 Å². The molecule has 2 N–H and O–H groups in total. The lowest BCUT2D eigenvalue weighted by Gasteiger charge is -2.09. The number of carboxylic acid groups (broad SMARTS) is 1. The van der Waals surface area contributed by atoms with Crippen LogP contribution in [-0.2, 0) is 6.42 Å². The first-order valence-electron chi connectivity index (χ1n) is 5.77.